The van der Waals surface area contributed by atoms with Crippen molar-refractivity contribution in [2.45, 2.75) is 71.8 Å². The Labute approximate surface area is 145 Å². The molecule has 6 aliphatic rings. The second-order valence-electron chi connectivity index (χ2n) is 10.7. The minimum atomic E-state index is -0.725. The Morgan fingerprint density at radius 3 is 2.42 bits per heavy atom. The van der Waals surface area contributed by atoms with E-state index in [0.717, 1.165) is 37.0 Å². The number of hydrogen-bond donors (Lipinski definition) is 1. The van der Waals surface area contributed by atoms with E-state index in [4.69, 9.17) is 4.74 Å². The van der Waals surface area contributed by atoms with Crippen LogP contribution in [-0.4, -0.2) is 24.3 Å². The van der Waals surface area contributed by atoms with E-state index >= 15 is 0 Å². The van der Waals surface area contributed by atoms with Crippen molar-refractivity contribution in [1.82, 2.24) is 0 Å². The fraction of sp³-hybridized carbons (Fsp3) is 0.952. The lowest BCUT2D eigenvalue weighted by Crippen LogP contribution is -2.63. The predicted octanol–water partition coefficient (Wildman–Crippen LogP) is 3.79. The van der Waals surface area contributed by atoms with Gasteiger partial charge < -0.3 is 9.84 Å². The third-order valence-electron chi connectivity index (χ3n) is 10.2. The first-order chi connectivity index (χ1) is 11.2. The summed E-state index contributed by atoms with van der Waals surface area (Å²) in [5, 5.41) is 10.8. The monoisotopic (exact) mass is 332 g/mol. The molecule has 134 valence electrons. The molecule has 0 heterocycles. The van der Waals surface area contributed by atoms with Gasteiger partial charge in [-0.2, -0.15) is 0 Å². The van der Waals surface area contributed by atoms with Crippen LogP contribution in [0.5, 0.6) is 0 Å². The van der Waals surface area contributed by atoms with Crippen LogP contribution in [0.1, 0.15) is 65.7 Å². The van der Waals surface area contributed by atoms with Crippen molar-refractivity contribution in [3.05, 3.63) is 0 Å². The SMILES string of the molecule is COC(=O)[C@@]1(C)[C@H](O)CC[C@@]2(C)[C@@H]3C[C@@H]4[C@H]5C[C@@]3(CC[C@@H]21)C[C@]45C. The largest absolute Gasteiger partial charge is 0.469 e. The summed E-state index contributed by atoms with van der Waals surface area (Å²) in [6, 6.07) is 0. The molecular formula is C21H32O3. The van der Waals surface area contributed by atoms with Crippen molar-refractivity contribution in [3.8, 4) is 0 Å². The standard InChI is InChI=1S/C21H32O3/c1-18-7-6-16(22)20(3,17(23)24-4)14(18)5-8-21-10-13-12(9-15(18)21)19(13,2)11-21/h12-16,22H,5-11H2,1-4H3/t12-,13-,14+,15+,16-,18-,19-,20-,21+/m1/s1. The molecule has 24 heavy (non-hydrogen) atoms. The van der Waals surface area contributed by atoms with Gasteiger partial charge >= 0.3 is 5.97 Å². The minimum Gasteiger partial charge on any atom is -0.469 e. The average molecular weight is 332 g/mol. The molecule has 9 atom stereocenters. The quantitative estimate of drug-likeness (QED) is 0.743. The van der Waals surface area contributed by atoms with Crippen molar-refractivity contribution in [2.75, 3.05) is 7.11 Å². The molecule has 0 amide bonds. The highest BCUT2D eigenvalue weighted by Crippen LogP contribution is 2.85. The van der Waals surface area contributed by atoms with Gasteiger partial charge in [0.15, 0.2) is 0 Å². The molecule has 0 unspecified atom stereocenters. The van der Waals surface area contributed by atoms with Gasteiger partial charge in [-0.15, -0.1) is 0 Å². The molecule has 6 fully saturated rings. The number of aliphatic hydroxyl groups excluding tert-OH is 1. The van der Waals surface area contributed by atoms with Crippen molar-refractivity contribution in [1.29, 1.82) is 0 Å². The normalized spacial score (nSPS) is 63.3. The van der Waals surface area contributed by atoms with Gasteiger partial charge in [0.1, 0.15) is 0 Å². The zero-order valence-corrected chi connectivity index (χ0v) is 15.6. The van der Waals surface area contributed by atoms with Gasteiger partial charge in [0.25, 0.3) is 0 Å². The molecule has 0 saturated heterocycles. The van der Waals surface area contributed by atoms with Gasteiger partial charge in [0, 0.05) is 0 Å². The van der Waals surface area contributed by atoms with Crippen LogP contribution in [0.25, 0.3) is 0 Å². The first-order valence-electron chi connectivity index (χ1n) is 9.99. The van der Waals surface area contributed by atoms with E-state index in [9.17, 15) is 9.90 Å². The van der Waals surface area contributed by atoms with Crippen molar-refractivity contribution >= 4 is 5.97 Å². The highest BCUT2D eigenvalue weighted by molar-refractivity contribution is 5.78. The van der Waals surface area contributed by atoms with Gasteiger partial charge in [0.2, 0.25) is 0 Å². The number of carbonyl (C=O) groups is 1. The Kier molecular flexibility index (Phi) is 2.75. The third kappa shape index (κ3) is 1.45. The Morgan fingerprint density at radius 2 is 1.79 bits per heavy atom. The summed E-state index contributed by atoms with van der Waals surface area (Å²) in [4.78, 5) is 12.7. The van der Waals surface area contributed by atoms with Crippen LogP contribution >= 0.6 is 0 Å². The van der Waals surface area contributed by atoms with E-state index in [-0.39, 0.29) is 17.3 Å². The van der Waals surface area contributed by atoms with Crippen LogP contribution < -0.4 is 0 Å². The minimum absolute atomic E-state index is 0.190. The smallest absolute Gasteiger partial charge is 0.314 e. The van der Waals surface area contributed by atoms with E-state index in [0.29, 0.717) is 10.8 Å². The second kappa shape index (κ2) is 4.22. The van der Waals surface area contributed by atoms with E-state index in [2.05, 4.69) is 13.8 Å². The molecule has 0 aromatic carbocycles. The summed E-state index contributed by atoms with van der Waals surface area (Å²) >= 11 is 0. The van der Waals surface area contributed by atoms with Crippen LogP contribution in [0.15, 0.2) is 0 Å². The van der Waals surface area contributed by atoms with E-state index in [1.807, 2.05) is 6.92 Å². The number of rotatable bonds is 1. The molecule has 3 nitrogen and oxygen atoms in total. The summed E-state index contributed by atoms with van der Waals surface area (Å²) < 4.78 is 5.17. The number of esters is 1. The lowest BCUT2D eigenvalue weighted by atomic mass is 9.39. The molecule has 6 aliphatic carbocycles. The summed E-state index contributed by atoms with van der Waals surface area (Å²) in [5.41, 5.74) is 0.657. The summed E-state index contributed by atoms with van der Waals surface area (Å²) in [7, 11) is 1.48. The zero-order valence-electron chi connectivity index (χ0n) is 15.6. The maximum Gasteiger partial charge on any atom is 0.314 e. The molecule has 0 radical (unpaired) electrons. The summed E-state index contributed by atoms with van der Waals surface area (Å²) in [6.07, 6.45) is 7.86. The molecule has 1 N–H and O–H groups in total. The number of ether oxygens (including phenoxy) is 1. The first kappa shape index (κ1) is 15.7. The molecule has 3 heteroatoms. The molecular weight excluding hydrogens is 300 g/mol. The molecule has 1 spiro atoms. The second-order valence-corrected chi connectivity index (χ2v) is 10.7. The Bertz CT molecular complexity index is 616. The number of aliphatic hydroxyl groups is 1. The summed E-state index contributed by atoms with van der Waals surface area (Å²) in [6.45, 7) is 6.97. The zero-order chi connectivity index (χ0) is 17.1. The van der Waals surface area contributed by atoms with E-state index in [1.165, 1.54) is 32.8 Å². The van der Waals surface area contributed by atoms with Gasteiger partial charge in [-0.1, -0.05) is 13.8 Å². The summed E-state index contributed by atoms with van der Waals surface area (Å²) in [5.74, 6) is 2.75. The molecule has 6 rings (SSSR count). The van der Waals surface area contributed by atoms with Crippen molar-refractivity contribution < 1.29 is 14.6 Å². The van der Waals surface area contributed by atoms with Gasteiger partial charge in [-0.25, -0.2) is 0 Å². The Balaban J connectivity index is 1.55. The van der Waals surface area contributed by atoms with Gasteiger partial charge in [0.05, 0.1) is 18.6 Å². The number of hydrogen-bond acceptors (Lipinski definition) is 3. The van der Waals surface area contributed by atoms with Crippen molar-refractivity contribution in [3.63, 3.8) is 0 Å². The number of carbonyl (C=O) groups excluding carboxylic acids is 1. The average Bonchev–Trinajstić information content (AvgIpc) is 3.01. The van der Waals surface area contributed by atoms with Gasteiger partial charge in [-0.3, -0.25) is 4.79 Å². The van der Waals surface area contributed by atoms with Crippen molar-refractivity contribution in [2.24, 2.45) is 45.3 Å². The third-order valence-corrected chi connectivity index (χ3v) is 10.2. The van der Waals surface area contributed by atoms with Crippen LogP contribution in [-0.2, 0) is 9.53 Å². The highest BCUT2D eigenvalue weighted by Gasteiger charge is 2.79. The lowest BCUT2D eigenvalue weighted by molar-refractivity contribution is -0.211. The molecule has 0 aromatic rings. The van der Waals surface area contributed by atoms with Crippen LogP contribution in [0.2, 0.25) is 0 Å². The fourth-order valence-corrected chi connectivity index (χ4v) is 9.02. The van der Waals surface area contributed by atoms with Crippen LogP contribution in [0.4, 0.5) is 0 Å². The maximum absolute atomic E-state index is 12.7. The van der Waals surface area contributed by atoms with E-state index < -0.39 is 11.5 Å². The number of methoxy groups -OCH3 is 1. The Morgan fingerprint density at radius 1 is 1.04 bits per heavy atom. The predicted molar refractivity (Wildman–Crippen MR) is 91.1 cm³/mol. The first-order valence-corrected chi connectivity index (χ1v) is 9.99. The van der Waals surface area contributed by atoms with E-state index in [1.54, 1.807) is 0 Å². The van der Waals surface area contributed by atoms with Gasteiger partial charge in [-0.05, 0) is 91.8 Å². The van der Waals surface area contributed by atoms with Crippen LogP contribution in [0.3, 0.4) is 0 Å². The van der Waals surface area contributed by atoms with Crippen LogP contribution in [0, 0.1) is 45.3 Å². The Hall–Kier alpha value is -0.570. The maximum atomic E-state index is 12.7. The molecule has 0 aliphatic heterocycles. The molecule has 6 saturated carbocycles. The highest BCUT2D eigenvalue weighted by atomic mass is 16.5. The topological polar surface area (TPSA) is 46.5 Å². The molecule has 4 bridgehead atoms. The fourth-order valence-electron chi connectivity index (χ4n) is 9.02. The lowest BCUT2D eigenvalue weighted by Gasteiger charge is -2.65. The molecule has 0 aromatic heterocycles. The number of fused-ring (bicyclic) bond motifs is 1.